The van der Waals surface area contributed by atoms with Crippen molar-refractivity contribution in [1.82, 2.24) is 5.32 Å². The molecular weight excluding hydrogens is 257 g/mol. The number of nitrogens with zero attached hydrogens (tertiary/aromatic N) is 1. The maximum absolute atomic E-state index is 10.8. The normalized spacial score (nSPS) is 16.4. The summed E-state index contributed by atoms with van der Waals surface area (Å²) in [4.78, 5) is 19.7. The van der Waals surface area contributed by atoms with Crippen LogP contribution in [0.15, 0.2) is 0 Å². The van der Waals surface area contributed by atoms with Gasteiger partial charge in [0, 0.05) is 13.1 Å². The van der Waals surface area contributed by atoms with Crippen LogP contribution in [-0.2, 0) is 14.3 Å². The summed E-state index contributed by atoms with van der Waals surface area (Å²) in [7, 11) is 1.33. The fourth-order valence-electron chi connectivity index (χ4n) is 1.02. The summed E-state index contributed by atoms with van der Waals surface area (Å²) >= 11 is 0. The second kappa shape index (κ2) is 6.20. The van der Waals surface area contributed by atoms with E-state index in [1.165, 1.54) is 7.11 Å². The number of carbonyl (C=O) groups is 2. The van der Waals surface area contributed by atoms with Crippen LogP contribution < -0.4 is 5.32 Å². The number of halogens is 3. The van der Waals surface area contributed by atoms with E-state index in [0.29, 0.717) is 13.1 Å². The van der Waals surface area contributed by atoms with Gasteiger partial charge in [-0.3, -0.25) is 4.79 Å². The van der Waals surface area contributed by atoms with Crippen LogP contribution >= 0.6 is 0 Å². The van der Waals surface area contributed by atoms with E-state index in [4.69, 9.17) is 15.2 Å². The molecular formula is C9H11F3N2O4. The van der Waals surface area contributed by atoms with Gasteiger partial charge in [-0.1, -0.05) is 0 Å². The molecule has 1 aliphatic rings. The zero-order valence-corrected chi connectivity index (χ0v) is 9.37. The second-order valence-corrected chi connectivity index (χ2v) is 3.55. The highest BCUT2D eigenvalue weighted by molar-refractivity contribution is 5.73. The molecule has 6 nitrogen and oxygen atoms in total. The smallest absolute Gasteiger partial charge is 0.475 e. The molecule has 0 saturated carbocycles. The SMILES string of the molecule is COC(=O)CC1(C#N)CNC1.O=C(O)C(F)(F)F. The highest BCUT2D eigenvalue weighted by Crippen LogP contribution is 2.25. The van der Waals surface area contributed by atoms with Crippen LogP contribution in [0.5, 0.6) is 0 Å². The third kappa shape index (κ3) is 5.01. The molecule has 18 heavy (non-hydrogen) atoms. The quantitative estimate of drug-likeness (QED) is 0.698. The van der Waals surface area contributed by atoms with Crippen molar-refractivity contribution in [2.24, 2.45) is 5.41 Å². The van der Waals surface area contributed by atoms with E-state index in [9.17, 15) is 18.0 Å². The molecule has 0 bridgehead atoms. The average molecular weight is 268 g/mol. The van der Waals surface area contributed by atoms with Gasteiger partial charge in [-0.2, -0.15) is 18.4 Å². The molecule has 1 saturated heterocycles. The van der Waals surface area contributed by atoms with E-state index in [0.717, 1.165) is 0 Å². The maximum Gasteiger partial charge on any atom is 0.490 e. The number of nitrogens with one attached hydrogen (secondary N) is 1. The first-order valence-electron chi connectivity index (χ1n) is 4.66. The number of hydrogen-bond acceptors (Lipinski definition) is 5. The maximum atomic E-state index is 10.8. The number of hydrogen-bond donors (Lipinski definition) is 2. The van der Waals surface area contributed by atoms with E-state index in [1.54, 1.807) is 0 Å². The summed E-state index contributed by atoms with van der Waals surface area (Å²) in [5.41, 5.74) is -0.493. The molecule has 2 N–H and O–H groups in total. The summed E-state index contributed by atoms with van der Waals surface area (Å²) in [6, 6.07) is 2.12. The van der Waals surface area contributed by atoms with Gasteiger partial charge >= 0.3 is 18.1 Å². The number of alkyl halides is 3. The lowest BCUT2D eigenvalue weighted by atomic mass is 9.80. The van der Waals surface area contributed by atoms with E-state index in [2.05, 4.69) is 16.1 Å². The lowest BCUT2D eigenvalue weighted by Crippen LogP contribution is -2.53. The van der Waals surface area contributed by atoms with Gasteiger partial charge in [-0.05, 0) is 0 Å². The number of esters is 1. The minimum atomic E-state index is -5.08. The molecule has 0 amide bonds. The Morgan fingerprint density at radius 3 is 2.11 bits per heavy atom. The van der Waals surface area contributed by atoms with Crippen molar-refractivity contribution < 1.29 is 32.6 Å². The second-order valence-electron chi connectivity index (χ2n) is 3.55. The Balaban J connectivity index is 0.000000360. The minimum Gasteiger partial charge on any atom is -0.475 e. The Kier molecular flexibility index (Phi) is 5.58. The Bertz CT molecular complexity index is 358. The summed E-state index contributed by atoms with van der Waals surface area (Å²) in [5.74, 6) is -3.07. The fraction of sp³-hybridized carbons (Fsp3) is 0.667. The number of methoxy groups -OCH3 is 1. The van der Waals surface area contributed by atoms with Crippen LogP contribution in [0.1, 0.15) is 6.42 Å². The average Bonchev–Trinajstić information content (AvgIpc) is 2.22. The van der Waals surface area contributed by atoms with E-state index in [1.807, 2.05) is 0 Å². The molecule has 1 aliphatic heterocycles. The van der Waals surface area contributed by atoms with E-state index >= 15 is 0 Å². The van der Waals surface area contributed by atoms with Crippen LogP contribution in [0.4, 0.5) is 13.2 Å². The van der Waals surface area contributed by atoms with Gasteiger partial charge in [0.2, 0.25) is 0 Å². The molecule has 1 fully saturated rings. The van der Waals surface area contributed by atoms with Crippen molar-refractivity contribution in [3.8, 4) is 6.07 Å². The number of aliphatic carboxylic acids is 1. The van der Waals surface area contributed by atoms with Crippen molar-refractivity contribution in [2.75, 3.05) is 20.2 Å². The topological polar surface area (TPSA) is 99.4 Å². The van der Waals surface area contributed by atoms with Crippen LogP contribution in [0.2, 0.25) is 0 Å². The van der Waals surface area contributed by atoms with Gasteiger partial charge in [0.25, 0.3) is 0 Å². The Morgan fingerprint density at radius 1 is 1.50 bits per heavy atom. The van der Waals surface area contributed by atoms with Gasteiger partial charge in [0.15, 0.2) is 0 Å². The number of rotatable bonds is 2. The minimum absolute atomic E-state index is 0.201. The molecule has 1 rings (SSSR count). The first kappa shape index (κ1) is 16.2. The molecule has 102 valence electrons. The van der Waals surface area contributed by atoms with Gasteiger partial charge in [0.05, 0.1) is 25.0 Å². The van der Waals surface area contributed by atoms with Crippen LogP contribution in [-0.4, -0.2) is 43.4 Å². The monoisotopic (exact) mass is 268 g/mol. The highest BCUT2D eigenvalue weighted by atomic mass is 19.4. The third-order valence-corrected chi connectivity index (χ3v) is 2.12. The standard InChI is InChI=1S/C7H10N2O2.C2HF3O2/c1-11-6(10)2-7(3-8)4-9-5-7;3-2(4,5)1(6)7/h9H,2,4-5H2,1H3;(H,6,7). The molecule has 0 aromatic rings. The molecule has 1 heterocycles. The Morgan fingerprint density at radius 2 is 1.94 bits per heavy atom. The Hall–Kier alpha value is -1.82. The van der Waals surface area contributed by atoms with Crippen LogP contribution in [0, 0.1) is 16.7 Å². The first-order chi connectivity index (χ1) is 8.17. The van der Waals surface area contributed by atoms with Gasteiger partial charge < -0.3 is 15.2 Å². The fourth-order valence-corrected chi connectivity index (χ4v) is 1.02. The molecule has 0 spiro atoms. The predicted molar refractivity (Wildman–Crippen MR) is 51.2 cm³/mol. The van der Waals surface area contributed by atoms with Gasteiger partial charge in [-0.15, -0.1) is 0 Å². The van der Waals surface area contributed by atoms with Crippen molar-refractivity contribution in [3.63, 3.8) is 0 Å². The van der Waals surface area contributed by atoms with Crippen molar-refractivity contribution >= 4 is 11.9 Å². The molecule has 0 atom stereocenters. The summed E-state index contributed by atoms with van der Waals surface area (Å²) < 4.78 is 36.2. The van der Waals surface area contributed by atoms with Crippen molar-refractivity contribution in [2.45, 2.75) is 12.6 Å². The molecule has 0 aromatic heterocycles. The third-order valence-electron chi connectivity index (χ3n) is 2.12. The van der Waals surface area contributed by atoms with Gasteiger partial charge in [-0.25, -0.2) is 4.79 Å². The lowest BCUT2D eigenvalue weighted by Gasteiger charge is -2.34. The zero-order chi connectivity index (χ0) is 14.4. The molecule has 9 heteroatoms. The zero-order valence-electron chi connectivity index (χ0n) is 9.37. The summed E-state index contributed by atoms with van der Waals surface area (Å²) in [6.45, 7) is 1.19. The number of carboxylic acids is 1. The largest absolute Gasteiger partial charge is 0.490 e. The van der Waals surface area contributed by atoms with Crippen molar-refractivity contribution in [1.29, 1.82) is 5.26 Å². The number of carboxylic acid groups (broad SMARTS) is 1. The number of ether oxygens (including phenoxy) is 1. The van der Waals surface area contributed by atoms with E-state index in [-0.39, 0.29) is 12.4 Å². The molecule has 0 aliphatic carbocycles. The van der Waals surface area contributed by atoms with Crippen LogP contribution in [0.3, 0.4) is 0 Å². The molecule has 0 radical (unpaired) electrons. The Labute approximate surface area is 100 Å². The molecule has 0 unspecified atom stereocenters. The number of nitriles is 1. The highest BCUT2D eigenvalue weighted by Gasteiger charge is 2.39. The first-order valence-corrected chi connectivity index (χ1v) is 4.66. The van der Waals surface area contributed by atoms with Crippen LogP contribution in [0.25, 0.3) is 0 Å². The summed E-state index contributed by atoms with van der Waals surface area (Å²) in [5, 5.41) is 18.8. The number of carbonyl (C=O) groups excluding carboxylic acids is 1. The lowest BCUT2D eigenvalue weighted by molar-refractivity contribution is -0.192. The van der Waals surface area contributed by atoms with Gasteiger partial charge in [0.1, 0.15) is 0 Å². The summed E-state index contributed by atoms with van der Waals surface area (Å²) in [6.07, 6.45) is -4.88. The van der Waals surface area contributed by atoms with Crippen molar-refractivity contribution in [3.05, 3.63) is 0 Å². The molecule has 0 aromatic carbocycles. The van der Waals surface area contributed by atoms with E-state index < -0.39 is 17.6 Å². The predicted octanol–water partition coefficient (Wildman–Crippen LogP) is 0.296.